The predicted molar refractivity (Wildman–Crippen MR) is 94.2 cm³/mol. The Kier molecular flexibility index (Phi) is 6.68. The number of nitrogens with two attached hydrogens (primary N) is 1. The Balaban J connectivity index is 2.07. The summed E-state index contributed by atoms with van der Waals surface area (Å²) < 4.78 is 31.8. The molecule has 1 aromatic rings. The minimum Gasteiger partial charge on any atom is -0.384 e. The standard InChI is InChI=1S/C14H20N4O4S2/c1-22-7-9-24(20,21)16-6-2-4-11-10-18(12-5-3-8-23-12)14(19)17-13(11)15/h10,12,16H,3,5-9H2,1H3,(H2,15,17,19). The Hall–Kier alpha value is -1.54. The summed E-state index contributed by atoms with van der Waals surface area (Å²) in [5.41, 5.74) is 5.76. The van der Waals surface area contributed by atoms with Crippen LogP contribution in [0.4, 0.5) is 5.82 Å². The highest BCUT2D eigenvalue weighted by atomic mass is 32.2. The zero-order valence-electron chi connectivity index (χ0n) is 13.3. The molecule has 0 aliphatic carbocycles. The molecular weight excluding hydrogens is 352 g/mol. The van der Waals surface area contributed by atoms with Crippen LogP contribution in [0.2, 0.25) is 0 Å². The third-order valence-corrected chi connectivity index (χ3v) is 6.02. The van der Waals surface area contributed by atoms with Gasteiger partial charge in [0.2, 0.25) is 10.0 Å². The summed E-state index contributed by atoms with van der Waals surface area (Å²) in [7, 11) is -1.99. The maximum Gasteiger partial charge on any atom is 0.350 e. The van der Waals surface area contributed by atoms with E-state index in [2.05, 4.69) is 21.5 Å². The van der Waals surface area contributed by atoms with Gasteiger partial charge in [0, 0.05) is 13.3 Å². The smallest absolute Gasteiger partial charge is 0.350 e. The van der Waals surface area contributed by atoms with Gasteiger partial charge in [0.1, 0.15) is 5.82 Å². The molecule has 0 radical (unpaired) electrons. The van der Waals surface area contributed by atoms with Crippen LogP contribution in [0.15, 0.2) is 11.0 Å². The maximum absolute atomic E-state index is 11.9. The van der Waals surface area contributed by atoms with E-state index in [9.17, 15) is 13.2 Å². The van der Waals surface area contributed by atoms with Crippen molar-refractivity contribution in [3.8, 4) is 11.8 Å². The number of ether oxygens (including phenoxy) is 1. The second kappa shape index (κ2) is 8.53. The number of sulfonamides is 1. The van der Waals surface area contributed by atoms with Gasteiger partial charge in [0.15, 0.2) is 0 Å². The van der Waals surface area contributed by atoms with E-state index >= 15 is 0 Å². The summed E-state index contributed by atoms with van der Waals surface area (Å²) in [5.74, 6) is 6.39. The van der Waals surface area contributed by atoms with Gasteiger partial charge in [-0.15, -0.1) is 11.8 Å². The number of nitrogens with one attached hydrogen (secondary N) is 1. The lowest BCUT2D eigenvalue weighted by Crippen LogP contribution is -2.28. The summed E-state index contributed by atoms with van der Waals surface area (Å²) in [6.45, 7) is 0.0619. The molecule has 0 bridgehead atoms. The van der Waals surface area contributed by atoms with Crippen molar-refractivity contribution in [2.45, 2.75) is 18.2 Å². The number of anilines is 1. The molecule has 10 heteroatoms. The average molecular weight is 372 g/mol. The summed E-state index contributed by atoms with van der Waals surface area (Å²) in [5, 5.41) is 0.0543. The molecule has 2 heterocycles. The first-order chi connectivity index (χ1) is 11.4. The van der Waals surface area contributed by atoms with Crippen molar-refractivity contribution in [3.63, 3.8) is 0 Å². The van der Waals surface area contributed by atoms with Gasteiger partial charge in [-0.2, -0.15) is 4.98 Å². The largest absolute Gasteiger partial charge is 0.384 e. The van der Waals surface area contributed by atoms with Gasteiger partial charge in [-0.05, 0) is 18.6 Å². The fourth-order valence-corrected chi connectivity index (χ4v) is 4.19. The molecule has 1 saturated heterocycles. The molecule has 0 aromatic carbocycles. The van der Waals surface area contributed by atoms with Crippen molar-refractivity contribution in [2.24, 2.45) is 0 Å². The lowest BCUT2D eigenvalue weighted by molar-refractivity contribution is 0.217. The molecular formula is C14H20N4O4S2. The van der Waals surface area contributed by atoms with Crippen LogP contribution in [0.3, 0.4) is 0 Å². The van der Waals surface area contributed by atoms with Crippen molar-refractivity contribution < 1.29 is 13.2 Å². The minimum atomic E-state index is -3.42. The van der Waals surface area contributed by atoms with Crippen molar-refractivity contribution in [1.82, 2.24) is 14.3 Å². The number of hydrogen-bond acceptors (Lipinski definition) is 7. The average Bonchev–Trinajstić information content (AvgIpc) is 3.05. The fraction of sp³-hybridized carbons (Fsp3) is 0.571. The van der Waals surface area contributed by atoms with E-state index in [4.69, 9.17) is 10.5 Å². The number of aromatic nitrogens is 2. The molecule has 1 aliphatic rings. The number of nitrogen functional groups attached to an aromatic ring is 1. The minimum absolute atomic E-state index is 0.0500. The topological polar surface area (TPSA) is 116 Å². The molecule has 0 saturated carbocycles. The molecule has 0 spiro atoms. The highest BCUT2D eigenvalue weighted by Crippen LogP contribution is 2.34. The van der Waals surface area contributed by atoms with Gasteiger partial charge >= 0.3 is 5.69 Å². The van der Waals surface area contributed by atoms with Gasteiger partial charge in [-0.3, -0.25) is 4.57 Å². The van der Waals surface area contributed by atoms with Gasteiger partial charge < -0.3 is 10.5 Å². The van der Waals surface area contributed by atoms with Crippen LogP contribution in [0.25, 0.3) is 0 Å². The second-order valence-corrected chi connectivity index (χ2v) is 8.34. The molecule has 132 valence electrons. The molecule has 24 heavy (non-hydrogen) atoms. The van der Waals surface area contributed by atoms with Crippen LogP contribution in [0.1, 0.15) is 23.8 Å². The Labute approximate surface area is 145 Å². The van der Waals surface area contributed by atoms with Crippen LogP contribution in [0, 0.1) is 11.8 Å². The van der Waals surface area contributed by atoms with Crippen LogP contribution in [-0.4, -0.2) is 49.7 Å². The number of rotatable bonds is 6. The monoisotopic (exact) mass is 372 g/mol. The van der Waals surface area contributed by atoms with E-state index in [-0.39, 0.29) is 30.1 Å². The Bertz CT molecular complexity index is 789. The molecule has 1 aromatic heterocycles. The SMILES string of the molecule is COCCS(=O)(=O)NCC#Cc1cn(C2CCCS2)c(=O)nc1N. The van der Waals surface area contributed by atoms with Crippen molar-refractivity contribution >= 4 is 27.6 Å². The quantitative estimate of drug-likeness (QED) is 0.663. The van der Waals surface area contributed by atoms with Gasteiger partial charge in [0.05, 0.1) is 29.8 Å². The van der Waals surface area contributed by atoms with Gasteiger partial charge in [-0.25, -0.2) is 17.9 Å². The van der Waals surface area contributed by atoms with E-state index in [1.165, 1.54) is 7.11 Å². The molecule has 0 amide bonds. The third kappa shape index (κ3) is 5.24. The third-order valence-electron chi connectivity index (χ3n) is 3.36. The van der Waals surface area contributed by atoms with Gasteiger partial charge in [0.25, 0.3) is 0 Å². The Morgan fingerprint density at radius 1 is 1.58 bits per heavy atom. The Morgan fingerprint density at radius 3 is 3.04 bits per heavy atom. The van der Waals surface area contributed by atoms with E-state index < -0.39 is 15.7 Å². The van der Waals surface area contributed by atoms with Crippen LogP contribution >= 0.6 is 11.8 Å². The first kappa shape index (κ1) is 18.8. The van der Waals surface area contributed by atoms with Crippen LogP contribution < -0.4 is 16.1 Å². The molecule has 8 nitrogen and oxygen atoms in total. The predicted octanol–water partition coefficient (Wildman–Crippen LogP) is -0.232. The van der Waals surface area contributed by atoms with Crippen molar-refractivity contribution in [2.75, 3.05) is 37.5 Å². The molecule has 3 N–H and O–H groups in total. The maximum atomic E-state index is 11.9. The summed E-state index contributed by atoms with van der Waals surface area (Å²) in [6.07, 6.45) is 3.55. The highest BCUT2D eigenvalue weighted by Gasteiger charge is 2.19. The van der Waals surface area contributed by atoms with E-state index in [1.807, 2.05) is 0 Å². The lowest BCUT2D eigenvalue weighted by Gasteiger charge is -2.12. The Morgan fingerprint density at radius 2 is 2.38 bits per heavy atom. The van der Waals surface area contributed by atoms with Crippen LogP contribution in [-0.2, 0) is 14.8 Å². The highest BCUT2D eigenvalue weighted by molar-refractivity contribution is 7.99. The normalized spacial score (nSPS) is 17.5. The lowest BCUT2D eigenvalue weighted by atomic mass is 10.3. The summed E-state index contributed by atoms with van der Waals surface area (Å²) in [4.78, 5) is 15.7. The van der Waals surface area contributed by atoms with Crippen molar-refractivity contribution in [1.29, 1.82) is 0 Å². The number of nitrogens with zero attached hydrogens (tertiary/aromatic N) is 2. The van der Waals surface area contributed by atoms with Gasteiger partial charge in [-0.1, -0.05) is 11.8 Å². The first-order valence-corrected chi connectivity index (χ1v) is 10.1. The summed E-state index contributed by atoms with van der Waals surface area (Å²) in [6, 6.07) is 0. The fourth-order valence-electron chi connectivity index (χ4n) is 2.11. The van der Waals surface area contributed by atoms with Crippen molar-refractivity contribution in [3.05, 3.63) is 22.2 Å². The van der Waals surface area contributed by atoms with E-state index in [1.54, 1.807) is 22.5 Å². The molecule has 2 rings (SSSR count). The molecule has 1 fully saturated rings. The van der Waals surface area contributed by atoms with E-state index in [0.717, 1.165) is 18.6 Å². The number of methoxy groups -OCH3 is 1. The second-order valence-electron chi connectivity index (χ2n) is 5.13. The van der Waals surface area contributed by atoms with Crippen LogP contribution in [0.5, 0.6) is 0 Å². The molecule has 1 unspecified atom stereocenters. The first-order valence-electron chi connectivity index (χ1n) is 7.38. The molecule has 1 aliphatic heterocycles. The number of thioether (sulfide) groups is 1. The molecule has 1 atom stereocenters. The van der Waals surface area contributed by atoms with E-state index in [0.29, 0.717) is 5.56 Å². The number of hydrogen-bond donors (Lipinski definition) is 2. The zero-order valence-corrected chi connectivity index (χ0v) is 15.0. The zero-order chi connectivity index (χ0) is 17.6. The summed E-state index contributed by atoms with van der Waals surface area (Å²) >= 11 is 1.69.